The van der Waals surface area contributed by atoms with Crippen LogP contribution in [0.15, 0.2) is 62.9 Å². The van der Waals surface area contributed by atoms with Crippen LogP contribution < -0.4 is 10.3 Å². The second-order valence-corrected chi connectivity index (χ2v) is 9.68. The van der Waals surface area contributed by atoms with Crippen molar-refractivity contribution in [1.82, 2.24) is 4.90 Å². The third-order valence-corrected chi connectivity index (χ3v) is 6.79. The van der Waals surface area contributed by atoms with Gasteiger partial charge >= 0.3 is 0 Å². The van der Waals surface area contributed by atoms with Crippen LogP contribution in [0.2, 0.25) is 0 Å². The summed E-state index contributed by atoms with van der Waals surface area (Å²) in [7, 11) is -2.09. The monoisotopic (exact) mass is 467 g/mol. The smallest absolute Gasteiger partial charge is 0.284 e. The summed E-state index contributed by atoms with van der Waals surface area (Å²) < 4.78 is 29.4. The van der Waals surface area contributed by atoms with E-state index in [1.807, 2.05) is 37.1 Å². The van der Waals surface area contributed by atoms with E-state index in [0.29, 0.717) is 23.6 Å². The SMILES string of the molecule is Cc1cccc(N2N=C(C(=O)Nc3cccc(S(=O)(=O)/N=C4\CCCN4C)c3)CCC2=O)c1. The van der Waals surface area contributed by atoms with Crippen molar-refractivity contribution in [2.45, 2.75) is 37.5 Å². The molecule has 0 aliphatic carbocycles. The number of amidine groups is 1. The van der Waals surface area contributed by atoms with Crippen LogP contribution in [0, 0.1) is 6.92 Å². The second-order valence-electron chi connectivity index (χ2n) is 8.08. The zero-order valence-electron chi connectivity index (χ0n) is 18.5. The van der Waals surface area contributed by atoms with Crippen LogP contribution >= 0.6 is 0 Å². The number of likely N-dealkylation sites (tertiary alicyclic amines) is 1. The molecular weight excluding hydrogens is 442 g/mol. The van der Waals surface area contributed by atoms with E-state index in [1.54, 1.807) is 18.2 Å². The van der Waals surface area contributed by atoms with Gasteiger partial charge in [-0.3, -0.25) is 9.59 Å². The highest BCUT2D eigenvalue weighted by Crippen LogP contribution is 2.23. The number of nitrogens with one attached hydrogen (secondary N) is 1. The molecule has 9 nitrogen and oxygen atoms in total. The number of carbonyl (C=O) groups excluding carboxylic acids is 2. The zero-order valence-corrected chi connectivity index (χ0v) is 19.3. The summed E-state index contributed by atoms with van der Waals surface area (Å²) in [6.45, 7) is 2.68. The Kier molecular flexibility index (Phi) is 6.28. The molecule has 1 N–H and O–H groups in total. The summed E-state index contributed by atoms with van der Waals surface area (Å²) in [5.41, 5.74) is 2.06. The highest BCUT2D eigenvalue weighted by atomic mass is 32.2. The zero-order chi connectivity index (χ0) is 23.6. The maximum absolute atomic E-state index is 12.8. The Balaban J connectivity index is 1.54. The first-order valence-corrected chi connectivity index (χ1v) is 12.1. The van der Waals surface area contributed by atoms with E-state index in [0.717, 1.165) is 18.5 Å². The number of sulfonamides is 1. The third-order valence-electron chi connectivity index (χ3n) is 5.49. The van der Waals surface area contributed by atoms with Gasteiger partial charge in [0.05, 0.1) is 10.6 Å². The van der Waals surface area contributed by atoms with E-state index in [1.165, 1.54) is 17.1 Å². The fraction of sp³-hybridized carbons (Fsp3) is 0.304. The molecule has 2 aliphatic heterocycles. The Bertz CT molecular complexity index is 1270. The van der Waals surface area contributed by atoms with Crippen LogP contribution in [0.4, 0.5) is 11.4 Å². The predicted octanol–water partition coefficient (Wildman–Crippen LogP) is 2.93. The molecule has 1 fully saturated rings. The van der Waals surface area contributed by atoms with E-state index in [-0.39, 0.29) is 29.4 Å². The quantitative estimate of drug-likeness (QED) is 0.727. The van der Waals surface area contributed by atoms with Gasteiger partial charge in [-0.15, -0.1) is 4.40 Å². The van der Waals surface area contributed by atoms with Crippen molar-refractivity contribution in [3.63, 3.8) is 0 Å². The normalized spacial score (nSPS) is 17.9. The van der Waals surface area contributed by atoms with Crippen molar-refractivity contribution in [2.75, 3.05) is 23.9 Å². The molecule has 0 spiro atoms. The number of hydrazone groups is 1. The summed E-state index contributed by atoms with van der Waals surface area (Å²) in [5.74, 6) is -0.153. The topological polar surface area (TPSA) is 112 Å². The van der Waals surface area contributed by atoms with Gasteiger partial charge in [0.1, 0.15) is 11.5 Å². The van der Waals surface area contributed by atoms with Crippen molar-refractivity contribution in [3.05, 3.63) is 54.1 Å². The molecule has 2 aliphatic rings. The Labute approximate surface area is 192 Å². The third kappa shape index (κ3) is 5.11. The molecule has 0 bridgehead atoms. The molecule has 172 valence electrons. The van der Waals surface area contributed by atoms with E-state index >= 15 is 0 Å². The summed E-state index contributed by atoms with van der Waals surface area (Å²) in [6, 6.07) is 13.3. The standard InChI is InChI=1S/C23H25N5O4S/c1-16-6-3-8-18(14-16)28-22(29)12-11-20(25-28)23(30)24-17-7-4-9-19(15-17)33(31,32)26-21-10-5-13-27(21)2/h3-4,6-9,14-15H,5,10-13H2,1-2H3,(H,24,30)/b26-21+. The fourth-order valence-corrected chi connectivity index (χ4v) is 4.86. The van der Waals surface area contributed by atoms with E-state index in [4.69, 9.17) is 0 Å². The van der Waals surface area contributed by atoms with Crippen molar-refractivity contribution < 1.29 is 18.0 Å². The summed E-state index contributed by atoms with van der Waals surface area (Å²) in [6.07, 6.45) is 1.83. The van der Waals surface area contributed by atoms with E-state index in [9.17, 15) is 18.0 Å². The maximum Gasteiger partial charge on any atom is 0.284 e. The van der Waals surface area contributed by atoms with Crippen LogP contribution in [-0.2, 0) is 19.6 Å². The lowest BCUT2D eigenvalue weighted by Gasteiger charge is -2.23. The Hall–Kier alpha value is -3.53. The van der Waals surface area contributed by atoms with Gasteiger partial charge in [-0.2, -0.15) is 13.5 Å². The molecule has 4 rings (SSSR count). The fourth-order valence-electron chi connectivity index (χ4n) is 3.72. The number of hydrogen-bond donors (Lipinski definition) is 1. The molecule has 0 atom stereocenters. The Morgan fingerprint density at radius 1 is 1.09 bits per heavy atom. The van der Waals surface area contributed by atoms with Gasteiger partial charge < -0.3 is 10.2 Å². The Morgan fingerprint density at radius 3 is 2.61 bits per heavy atom. The minimum atomic E-state index is -3.90. The van der Waals surface area contributed by atoms with Gasteiger partial charge in [0.25, 0.3) is 15.9 Å². The highest BCUT2D eigenvalue weighted by molar-refractivity contribution is 7.90. The van der Waals surface area contributed by atoms with Crippen LogP contribution in [-0.4, -0.2) is 50.3 Å². The molecule has 10 heteroatoms. The minimum Gasteiger partial charge on any atom is -0.362 e. The molecule has 1 saturated heterocycles. The maximum atomic E-state index is 12.8. The number of carbonyl (C=O) groups is 2. The minimum absolute atomic E-state index is 0.00440. The molecule has 0 radical (unpaired) electrons. The number of aryl methyl sites for hydroxylation is 1. The molecular formula is C23H25N5O4S. The van der Waals surface area contributed by atoms with Gasteiger partial charge in [-0.1, -0.05) is 18.2 Å². The second kappa shape index (κ2) is 9.14. The molecule has 0 saturated carbocycles. The summed E-state index contributed by atoms with van der Waals surface area (Å²) in [4.78, 5) is 27.0. The first kappa shape index (κ1) is 22.7. The van der Waals surface area contributed by atoms with Gasteiger partial charge in [-0.05, 0) is 49.2 Å². The summed E-state index contributed by atoms with van der Waals surface area (Å²) >= 11 is 0. The van der Waals surface area contributed by atoms with Gasteiger partial charge in [0, 0.05) is 38.5 Å². The lowest BCUT2D eigenvalue weighted by molar-refractivity contribution is -0.118. The number of benzene rings is 2. The molecule has 0 unspecified atom stereocenters. The number of nitrogens with zero attached hydrogens (tertiary/aromatic N) is 4. The van der Waals surface area contributed by atoms with Crippen LogP contribution in [0.25, 0.3) is 0 Å². The van der Waals surface area contributed by atoms with Crippen molar-refractivity contribution >= 4 is 44.8 Å². The van der Waals surface area contributed by atoms with Crippen LogP contribution in [0.3, 0.4) is 0 Å². The highest BCUT2D eigenvalue weighted by Gasteiger charge is 2.26. The predicted molar refractivity (Wildman–Crippen MR) is 127 cm³/mol. The molecule has 2 aromatic carbocycles. The molecule has 2 heterocycles. The van der Waals surface area contributed by atoms with E-state index < -0.39 is 15.9 Å². The lowest BCUT2D eigenvalue weighted by atomic mass is 10.1. The Morgan fingerprint density at radius 2 is 1.88 bits per heavy atom. The first-order chi connectivity index (χ1) is 15.7. The van der Waals surface area contributed by atoms with Crippen molar-refractivity contribution in [3.8, 4) is 0 Å². The first-order valence-electron chi connectivity index (χ1n) is 10.7. The van der Waals surface area contributed by atoms with Crippen LogP contribution in [0.1, 0.15) is 31.2 Å². The van der Waals surface area contributed by atoms with E-state index in [2.05, 4.69) is 14.8 Å². The summed E-state index contributed by atoms with van der Waals surface area (Å²) in [5, 5.41) is 8.19. The number of hydrogen-bond acceptors (Lipinski definition) is 5. The van der Waals surface area contributed by atoms with Crippen molar-refractivity contribution in [2.24, 2.45) is 9.50 Å². The lowest BCUT2D eigenvalue weighted by Crippen LogP contribution is -2.36. The van der Waals surface area contributed by atoms with Crippen LogP contribution in [0.5, 0.6) is 0 Å². The largest absolute Gasteiger partial charge is 0.362 e. The van der Waals surface area contributed by atoms with Crippen molar-refractivity contribution in [1.29, 1.82) is 0 Å². The average molecular weight is 468 g/mol. The molecule has 33 heavy (non-hydrogen) atoms. The molecule has 0 aromatic heterocycles. The average Bonchev–Trinajstić information content (AvgIpc) is 3.18. The molecule has 2 amide bonds. The van der Waals surface area contributed by atoms with Gasteiger partial charge in [-0.25, -0.2) is 5.01 Å². The molecule has 2 aromatic rings. The van der Waals surface area contributed by atoms with Gasteiger partial charge in [0.2, 0.25) is 5.91 Å². The van der Waals surface area contributed by atoms with Gasteiger partial charge in [0.15, 0.2) is 0 Å². The number of anilines is 2. The number of amides is 2. The number of rotatable bonds is 5.